The smallest absolute Gasteiger partial charge is 0.231 e. The molecule has 0 saturated heterocycles. The Hall–Kier alpha value is -1.16. The van der Waals surface area contributed by atoms with Crippen molar-refractivity contribution in [3.63, 3.8) is 0 Å². The summed E-state index contributed by atoms with van der Waals surface area (Å²) in [6, 6.07) is 7.22. The van der Waals surface area contributed by atoms with Crippen LogP contribution < -0.4 is 5.32 Å². The molecule has 0 fully saturated rings. The number of hydrogen-bond donors (Lipinski definition) is 1. The van der Waals surface area contributed by atoms with Crippen molar-refractivity contribution in [2.24, 2.45) is 0 Å². The largest absolute Gasteiger partial charge is 0.326 e. The first-order chi connectivity index (χ1) is 6.58. The summed E-state index contributed by atoms with van der Waals surface area (Å²) in [5, 5.41) is 2.62. The maximum atomic E-state index is 11.2. The second kappa shape index (κ2) is 4.91. The Bertz CT molecular complexity index is 363. The molecular formula is C10H10BrNO2. The minimum atomic E-state index is -0.282. The zero-order valence-corrected chi connectivity index (χ0v) is 9.30. The molecule has 0 atom stereocenters. The summed E-state index contributed by atoms with van der Waals surface area (Å²) in [5.41, 5.74) is 0.686. The first-order valence-electron chi connectivity index (χ1n) is 4.13. The molecule has 0 heterocycles. The molecule has 0 aliphatic rings. The van der Waals surface area contributed by atoms with Gasteiger partial charge in [0.25, 0.3) is 0 Å². The maximum Gasteiger partial charge on any atom is 0.231 e. The van der Waals surface area contributed by atoms with Gasteiger partial charge in [-0.2, -0.15) is 0 Å². The van der Waals surface area contributed by atoms with Crippen LogP contribution in [-0.2, 0) is 9.59 Å². The Balaban J connectivity index is 2.60. The summed E-state index contributed by atoms with van der Waals surface area (Å²) in [4.78, 5) is 21.8. The van der Waals surface area contributed by atoms with Crippen molar-refractivity contribution < 1.29 is 9.59 Å². The fraction of sp³-hybridized carbons (Fsp3) is 0.200. The minimum Gasteiger partial charge on any atom is -0.326 e. The molecule has 0 aliphatic heterocycles. The molecular weight excluding hydrogens is 246 g/mol. The molecule has 0 aromatic heterocycles. The number of benzene rings is 1. The Morgan fingerprint density at radius 3 is 2.71 bits per heavy atom. The molecule has 0 spiro atoms. The Labute approximate surface area is 90.6 Å². The third-order valence-electron chi connectivity index (χ3n) is 1.52. The summed E-state index contributed by atoms with van der Waals surface area (Å²) in [5.74, 6) is -0.423. The van der Waals surface area contributed by atoms with Crippen molar-refractivity contribution in [2.45, 2.75) is 13.3 Å². The van der Waals surface area contributed by atoms with Gasteiger partial charge in [0.15, 0.2) is 0 Å². The van der Waals surface area contributed by atoms with E-state index in [1.165, 1.54) is 6.92 Å². The number of rotatable bonds is 3. The van der Waals surface area contributed by atoms with Crippen LogP contribution in [0.2, 0.25) is 0 Å². The predicted molar refractivity (Wildman–Crippen MR) is 58.1 cm³/mol. The molecule has 0 saturated carbocycles. The van der Waals surface area contributed by atoms with Gasteiger partial charge in [0.1, 0.15) is 5.78 Å². The first-order valence-corrected chi connectivity index (χ1v) is 4.92. The average molecular weight is 256 g/mol. The molecule has 74 valence electrons. The number of Topliss-reactive ketones (excluding diaryl/α,β-unsaturated/α-hetero) is 1. The van der Waals surface area contributed by atoms with Crippen molar-refractivity contribution in [1.29, 1.82) is 0 Å². The van der Waals surface area contributed by atoms with Crippen LogP contribution in [0.15, 0.2) is 28.7 Å². The van der Waals surface area contributed by atoms with Crippen LogP contribution in [-0.4, -0.2) is 11.7 Å². The fourth-order valence-electron chi connectivity index (χ4n) is 0.998. The molecule has 14 heavy (non-hydrogen) atoms. The molecule has 1 rings (SSSR count). The SMILES string of the molecule is CC(=O)CC(=O)Nc1cccc(Br)c1. The van der Waals surface area contributed by atoms with E-state index in [1.807, 2.05) is 12.1 Å². The van der Waals surface area contributed by atoms with Gasteiger partial charge in [0.2, 0.25) is 5.91 Å². The lowest BCUT2D eigenvalue weighted by Gasteiger charge is -2.03. The zero-order chi connectivity index (χ0) is 10.6. The second-order valence-electron chi connectivity index (χ2n) is 2.94. The highest BCUT2D eigenvalue weighted by molar-refractivity contribution is 9.10. The molecule has 0 unspecified atom stereocenters. The van der Waals surface area contributed by atoms with Crippen molar-refractivity contribution in [2.75, 3.05) is 5.32 Å². The minimum absolute atomic E-state index is 0.0769. The summed E-state index contributed by atoms with van der Waals surface area (Å²) in [7, 11) is 0. The second-order valence-corrected chi connectivity index (χ2v) is 3.85. The van der Waals surface area contributed by atoms with E-state index in [0.717, 1.165) is 4.47 Å². The van der Waals surface area contributed by atoms with Gasteiger partial charge in [0.05, 0.1) is 6.42 Å². The number of amides is 1. The third-order valence-corrected chi connectivity index (χ3v) is 2.01. The van der Waals surface area contributed by atoms with Gasteiger partial charge >= 0.3 is 0 Å². The number of hydrogen-bond acceptors (Lipinski definition) is 2. The average Bonchev–Trinajstić information content (AvgIpc) is 2.01. The van der Waals surface area contributed by atoms with Crippen molar-refractivity contribution in [1.82, 2.24) is 0 Å². The quantitative estimate of drug-likeness (QED) is 0.844. The molecule has 1 aromatic rings. The first kappa shape index (κ1) is 10.9. The Morgan fingerprint density at radius 2 is 2.14 bits per heavy atom. The number of carbonyl (C=O) groups excluding carboxylic acids is 2. The lowest BCUT2D eigenvalue weighted by Crippen LogP contribution is -2.14. The zero-order valence-electron chi connectivity index (χ0n) is 7.71. The summed E-state index contributed by atoms with van der Waals surface area (Å²) in [6.07, 6.45) is -0.0769. The van der Waals surface area contributed by atoms with Crippen molar-refractivity contribution in [3.05, 3.63) is 28.7 Å². The van der Waals surface area contributed by atoms with Crippen molar-refractivity contribution >= 4 is 33.3 Å². The highest BCUT2D eigenvalue weighted by Crippen LogP contribution is 2.15. The maximum absolute atomic E-state index is 11.2. The van der Waals surface area contributed by atoms with Crippen LogP contribution in [0.25, 0.3) is 0 Å². The standard InChI is InChI=1S/C10H10BrNO2/c1-7(13)5-10(14)12-9-4-2-3-8(11)6-9/h2-4,6H,5H2,1H3,(H,12,14). The van der Waals surface area contributed by atoms with E-state index in [0.29, 0.717) is 5.69 Å². The topological polar surface area (TPSA) is 46.2 Å². The molecule has 0 bridgehead atoms. The fourth-order valence-corrected chi connectivity index (χ4v) is 1.40. The molecule has 1 N–H and O–H groups in total. The number of halogens is 1. The number of anilines is 1. The Morgan fingerprint density at radius 1 is 1.43 bits per heavy atom. The number of ketones is 1. The van der Waals surface area contributed by atoms with Gasteiger partial charge in [-0.3, -0.25) is 9.59 Å². The van der Waals surface area contributed by atoms with E-state index in [9.17, 15) is 9.59 Å². The summed E-state index contributed by atoms with van der Waals surface area (Å²) < 4.78 is 0.887. The molecule has 0 aliphatic carbocycles. The van der Waals surface area contributed by atoms with E-state index in [1.54, 1.807) is 12.1 Å². The van der Waals surface area contributed by atoms with Gasteiger partial charge in [0, 0.05) is 10.2 Å². The monoisotopic (exact) mass is 255 g/mol. The van der Waals surface area contributed by atoms with Gasteiger partial charge < -0.3 is 5.32 Å². The molecule has 1 aromatic carbocycles. The van der Waals surface area contributed by atoms with Crippen LogP contribution in [0, 0.1) is 0 Å². The molecule has 3 nitrogen and oxygen atoms in total. The third kappa shape index (κ3) is 3.70. The van der Waals surface area contributed by atoms with Gasteiger partial charge in [-0.25, -0.2) is 0 Å². The van der Waals surface area contributed by atoms with E-state index in [-0.39, 0.29) is 18.1 Å². The molecule has 0 radical (unpaired) electrons. The highest BCUT2D eigenvalue weighted by atomic mass is 79.9. The molecule has 4 heteroatoms. The van der Waals surface area contributed by atoms with E-state index in [4.69, 9.17) is 0 Å². The predicted octanol–water partition coefficient (Wildman–Crippen LogP) is 2.37. The van der Waals surface area contributed by atoms with Crippen LogP contribution >= 0.6 is 15.9 Å². The molecule has 1 amide bonds. The van der Waals surface area contributed by atoms with Crippen LogP contribution in [0.5, 0.6) is 0 Å². The summed E-state index contributed by atoms with van der Waals surface area (Å²) in [6.45, 7) is 1.39. The summed E-state index contributed by atoms with van der Waals surface area (Å²) >= 11 is 3.28. The number of nitrogens with one attached hydrogen (secondary N) is 1. The lowest BCUT2D eigenvalue weighted by molar-refractivity contribution is -0.124. The lowest BCUT2D eigenvalue weighted by atomic mass is 10.2. The van der Waals surface area contributed by atoms with Crippen molar-refractivity contribution in [3.8, 4) is 0 Å². The number of carbonyl (C=O) groups is 2. The van der Waals surface area contributed by atoms with Gasteiger partial charge in [-0.1, -0.05) is 22.0 Å². The van der Waals surface area contributed by atoms with Crippen LogP contribution in [0.1, 0.15) is 13.3 Å². The van der Waals surface area contributed by atoms with E-state index in [2.05, 4.69) is 21.2 Å². The van der Waals surface area contributed by atoms with E-state index < -0.39 is 0 Å². The highest BCUT2D eigenvalue weighted by Gasteiger charge is 2.04. The normalized spacial score (nSPS) is 9.57. The Kier molecular flexibility index (Phi) is 3.83. The van der Waals surface area contributed by atoms with E-state index >= 15 is 0 Å². The van der Waals surface area contributed by atoms with Crippen LogP contribution in [0.3, 0.4) is 0 Å². The van der Waals surface area contributed by atoms with Gasteiger partial charge in [-0.15, -0.1) is 0 Å². The van der Waals surface area contributed by atoms with Gasteiger partial charge in [-0.05, 0) is 25.1 Å². The van der Waals surface area contributed by atoms with Crippen LogP contribution in [0.4, 0.5) is 5.69 Å².